The van der Waals surface area contributed by atoms with Gasteiger partial charge in [-0.1, -0.05) is 18.2 Å². The maximum atomic E-state index is 13.2. The molecule has 28 heavy (non-hydrogen) atoms. The molecule has 1 saturated carbocycles. The molecule has 2 aromatic carbocycles. The average Bonchev–Trinajstić information content (AvgIpc) is 3.48. The Morgan fingerprint density at radius 1 is 0.964 bits per heavy atom. The third-order valence-electron chi connectivity index (χ3n) is 7.31. The number of nitrogens with zero attached hydrogens (tertiary/aromatic N) is 1. The fourth-order valence-corrected chi connectivity index (χ4v) is 5.90. The highest BCUT2D eigenvalue weighted by Crippen LogP contribution is 2.48. The van der Waals surface area contributed by atoms with Crippen molar-refractivity contribution in [1.29, 1.82) is 0 Å². The van der Waals surface area contributed by atoms with E-state index in [9.17, 15) is 4.79 Å². The van der Waals surface area contributed by atoms with Gasteiger partial charge in [0.15, 0.2) is 0 Å². The molecule has 4 atom stereocenters. The zero-order valence-corrected chi connectivity index (χ0v) is 16.0. The minimum Gasteiger partial charge on any atom is -0.493 e. The molecule has 1 amide bonds. The molecule has 0 radical (unpaired) electrons. The Hall–Kier alpha value is -2.33. The maximum Gasteiger partial charge on any atom is 0.253 e. The lowest BCUT2D eigenvalue weighted by Gasteiger charge is -2.20. The van der Waals surface area contributed by atoms with Gasteiger partial charge in [0.1, 0.15) is 5.75 Å². The molecular weight excluding hydrogens is 350 g/mol. The van der Waals surface area contributed by atoms with Crippen molar-refractivity contribution in [1.82, 2.24) is 4.90 Å². The molecule has 4 heteroatoms. The molecule has 0 N–H and O–H groups in total. The number of carbonyl (C=O) groups excluding carboxylic acids is 1. The van der Waals surface area contributed by atoms with Crippen molar-refractivity contribution >= 4 is 5.91 Å². The van der Waals surface area contributed by atoms with E-state index >= 15 is 0 Å². The van der Waals surface area contributed by atoms with Gasteiger partial charge in [-0.3, -0.25) is 4.79 Å². The van der Waals surface area contributed by atoms with Gasteiger partial charge in [-0.05, 0) is 71.0 Å². The van der Waals surface area contributed by atoms with Gasteiger partial charge in [0.25, 0.3) is 5.91 Å². The summed E-state index contributed by atoms with van der Waals surface area (Å²) in [5.74, 6) is 3.88. The topological polar surface area (TPSA) is 38.8 Å². The Labute approximate surface area is 165 Å². The molecule has 6 rings (SSSR count). The first-order valence-corrected chi connectivity index (χ1v) is 10.5. The van der Waals surface area contributed by atoms with Crippen molar-refractivity contribution in [2.45, 2.75) is 12.8 Å². The number of likely N-dealkylation sites (tertiary alicyclic amines) is 1. The third kappa shape index (κ3) is 2.58. The lowest BCUT2D eigenvalue weighted by Crippen LogP contribution is -2.31. The van der Waals surface area contributed by atoms with Crippen LogP contribution in [0.25, 0.3) is 11.1 Å². The molecule has 0 spiro atoms. The van der Waals surface area contributed by atoms with Gasteiger partial charge in [-0.15, -0.1) is 0 Å². The number of fused-ring (bicyclic) bond motifs is 4. The van der Waals surface area contributed by atoms with Gasteiger partial charge in [0.05, 0.1) is 13.2 Å². The van der Waals surface area contributed by atoms with Crippen LogP contribution in [0.3, 0.4) is 0 Å². The first-order chi connectivity index (χ1) is 13.8. The first-order valence-electron chi connectivity index (χ1n) is 10.5. The van der Waals surface area contributed by atoms with Crippen LogP contribution in [0, 0.1) is 23.7 Å². The van der Waals surface area contributed by atoms with Gasteiger partial charge in [-0.2, -0.15) is 0 Å². The van der Waals surface area contributed by atoms with Gasteiger partial charge in [0, 0.05) is 31.7 Å². The molecule has 3 aliphatic heterocycles. The summed E-state index contributed by atoms with van der Waals surface area (Å²) >= 11 is 0. The summed E-state index contributed by atoms with van der Waals surface area (Å²) in [7, 11) is 0. The maximum absolute atomic E-state index is 13.2. The van der Waals surface area contributed by atoms with Gasteiger partial charge < -0.3 is 14.4 Å². The van der Waals surface area contributed by atoms with Crippen molar-refractivity contribution < 1.29 is 14.3 Å². The molecule has 3 heterocycles. The molecule has 144 valence electrons. The van der Waals surface area contributed by atoms with E-state index in [4.69, 9.17) is 9.47 Å². The summed E-state index contributed by atoms with van der Waals surface area (Å²) in [4.78, 5) is 15.3. The number of amides is 1. The Balaban J connectivity index is 1.23. The van der Waals surface area contributed by atoms with E-state index in [2.05, 4.69) is 29.2 Å². The van der Waals surface area contributed by atoms with E-state index < -0.39 is 0 Å². The highest BCUT2D eigenvalue weighted by atomic mass is 16.5. The smallest absolute Gasteiger partial charge is 0.253 e. The average molecular weight is 375 g/mol. The second-order valence-electron chi connectivity index (χ2n) is 8.83. The van der Waals surface area contributed by atoms with Crippen LogP contribution in [0.15, 0.2) is 42.5 Å². The van der Waals surface area contributed by atoms with Crippen LogP contribution in [-0.4, -0.2) is 43.7 Å². The minimum atomic E-state index is 0.177. The zero-order chi connectivity index (χ0) is 18.7. The van der Waals surface area contributed by atoms with Gasteiger partial charge in [-0.25, -0.2) is 0 Å². The van der Waals surface area contributed by atoms with Gasteiger partial charge >= 0.3 is 0 Å². The molecule has 2 aromatic rings. The van der Waals surface area contributed by atoms with Crippen LogP contribution >= 0.6 is 0 Å². The molecule has 0 unspecified atom stereocenters. The summed E-state index contributed by atoms with van der Waals surface area (Å²) < 4.78 is 11.3. The van der Waals surface area contributed by atoms with E-state index in [1.165, 1.54) is 12.0 Å². The van der Waals surface area contributed by atoms with Gasteiger partial charge in [0.2, 0.25) is 0 Å². The SMILES string of the molecule is O=C(c1cccc(-c2ccc3c(c2)CCO3)c1)N1C[C@@H]2C[C@@H]3COC[C@@H]3[C@@H]2C1. The first kappa shape index (κ1) is 16.6. The largest absolute Gasteiger partial charge is 0.493 e. The van der Waals surface area contributed by atoms with Crippen molar-refractivity contribution in [3.05, 3.63) is 53.6 Å². The molecule has 0 bridgehead atoms. The lowest BCUT2D eigenvalue weighted by molar-refractivity contribution is 0.0774. The second-order valence-corrected chi connectivity index (χ2v) is 8.83. The quantitative estimate of drug-likeness (QED) is 0.804. The Morgan fingerprint density at radius 3 is 2.86 bits per heavy atom. The zero-order valence-electron chi connectivity index (χ0n) is 16.0. The van der Waals surface area contributed by atoms with Crippen molar-refractivity contribution in [2.75, 3.05) is 32.9 Å². The van der Waals surface area contributed by atoms with Crippen LogP contribution < -0.4 is 4.74 Å². The molecule has 3 fully saturated rings. The fraction of sp³-hybridized carbons (Fsp3) is 0.458. The van der Waals surface area contributed by atoms with E-state index in [-0.39, 0.29) is 5.91 Å². The summed E-state index contributed by atoms with van der Waals surface area (Å²) in [6.45, 7) is 4.40. The number of benzene rings is 2. The minimum absolute atomic E-state index is 0.177. The number of hydrogen-bond donors (Lipinski definition) is 0. The molecule has 2 saturated heterocycles. The van der Waals surface area contributed by atoms with Crippen molar-refractivity contribution in [2.24, 2.45) is 23.7 Å². The highest BCUT2D eigenvalue weighted by Gasteiger charge is 2.50. The summed E-state index contributed by atoms with van der Waals surface area (Å²) in [6, 6.07) is 14.4. The van der Waals surface area contributed by atoms with E-state index in [1.807, 2.05) is 18.2 Å². The second kappa shape index (κ2) is 6.35. The van der Waals surface area contributed by atoms with Crippen LogP contribution in [0.4, 0.5) is 0 Å². The van der Waals surface area contributed by atoms with Crippen molar-refractivity contribution in [3.8, 4) is 16.9 Å². The molecule has 4 aliphatic rings. The molecule has 0 aromatic heterocycles. The Kier molecular flexibility index (Phi) is 3.76. The standard InChI is InChI=1S/C24H25NO3/c26-24(25-11-19-10-20-13-27-14-22(20)21(19)12-25)18-3-1-2-15(9-18)16-4-5-23-17(8-16)6-7-28-23/h1-5,8-9,19-22H,6-7,10-14H2/t19-,20+,21+,22-/m0/s1. The normalized spacial score (nSPS) is 30.1. The predicted octanol–water partition coefficient (Wildman–Crippen LogP) is 3.64. The number of ether oxygens (including phenoxy) is 2. The molecular formula is C24H25NO3. The molecule has 4 nitrogen and oxygen atoms in total. The van der Waals surface area contributed by atoms with Crippen molar-refractivity contribution in [3.63, 3.8) is 0 Å². The predicted molar refractivity (Wildman–Crippen MR) is 106 cm³/mol. The highest BCUT2D eigenvalue weighted by molar-refractivity contribution is 5.95. The monoisotopic (exact) mass is 375 g/mol. The van der Waals surface area contributed by atoms with Crippen LogP contribution in [0.1, 0.15) is 22.3 Å². The Bertz CT molecular complexity index is 939. The van der Waals surface area contributed by atoms with Crippen LogP contribution in [0.5, 0.6) is 5.75 Å². The van der Waals surface area contributed by atoms with Crippen LogP contribution in [-0.2, 0) is 11.2 Å². The molecule has 1 aliphatic carbocycles. The number of carbonyl (C=O) groups is 1. The summed E-state index contributed by atoms with van der Waals surface area (Å²) in [6.07, 6.45) is 2.20. The lowest BCUT2D eigenvalue weighted by atomic mass is 9.91. The number of rotatable bonds is 2. The summed E-state index contributed by atoms with van der Waals surface area (Å²) in [5, 5.41) is 0. The van der Waals surface area contributed by atoms with E-state index in [1.54, 1.807) is 0 Å². The number of hydrogen-bond acceptors (Lipinski definition) is 3. The van der Waals surface area contributed by atoms with Crippen LogP contribution in [0.2, 0.25) is 0 Å². The fourth-order valence-electron chi connectivity index (χ4n) is 5.90. The third-order valence-corrected chi connectivity index (χ3v) is 7.31. The van der Waals surface area contributed by atoms with E-state index in [0.29, 0.717) is 17.8 Å². The summed E-state index contributed by atoms with van der Waals surface area (Å²) in [5.41, 5.74) is 4.32. The van der Waals surface area contributed by atoms with E-state index in [0.717, 1.165) is 67.7 Å². The Morgan fingerprint density at radius 2 is 1.89 bits per heavy atom.